The van der Waals surface area contributed by atoms with Crippen LogP contribution in [0, 0.1) is 0 Å². The fourth-order valence-electron chi connectivity index (χ4n) is 0.227. The first kappa shape index (κ1) is 6.28. The monoisotopic (exact) mass is 107 g/mol. The van der Waals surface area contributed by atoms with Crippen LogP contribution in [0.5, 0.6) is 0 Å². The highest BCUT2D eigenvalue weighted by Gasteiger charge is 1.92. The van der Waals surface area contributed by atoms with Gasteiger partial charge in [0.2, 0.25) is 0 Å². The van der Waals surface area contributed by atoms with Gasteiger partial charge in [-0.25, -0.2) is 4.39 Å². The molecule has 0 rings (SSSR count). The van der Waals surface area contributed by atoms with E-state index in [1.165, 1.54) is 0 Å². The van der Waals surface area contributed by atoms with Gasteiger partial charge in [0.25, 0.3) is 0 Å². The summed E-state index contributed by atoms with van der Waals surface area (Å²) in [6, 6.07) is 0. The van der Waals surface area contributed by atoms with E-state index in [1.807, 2.05) is 6.92 Å². The molecule has 1 radical (unpaired) electrons. The summed E-state index contributed by atoms with van der Waals surface area (Å²) in [4.78, 5) is 0. The zero-order valence-electron chi connectivity index (χ0n) is 3.78. The lowest BCUT2D eigenvalue weighted by molar-refractivity contribution is 0.429. The van der Waals surface area contributed by atoms with Gasteiger partial charge in [-0.15, -0.1) is 0 Å². The van der Waals surface area contributed by atoms with Crippen molar-refractivity contribution in [1.82, 2.24) is 0 Å². The second-order valence-electron chi connectivity index (χ2n) is 1.20. The topological polar surface area (TPSA) is 0 Å². The summed E-state index contributed by atoms with van der Waals surface area (Å²) < 4.78 is 11.5. The highest BCUT2D eigenvalue weighted by Crippen LogP contribution is 2.03. The van der Waals surface area contributed by atoms with Crippen molar-refractivity contribution in [2.24, 2.45) is 0 Å². The third kappa shape index (κ3) is 4.28. The Morgan fingerprint density at radius 2 is 2.33 bits per heavy atom. The van der Waals surface area contributed by atoms with Crippen molar-refractivity contribution in [2.75, 3.05) is 0 Å². The molecular formula is C4H8FS. The van der Waals surface area contributed by atoms with Gasteiger partial charge in [-0.2, -0.15) is 0 Å². The molecule has 2 heteroatoms. The summed E-state index contributed by atoms with van der Waals surface area (Å²) in [7, 11) is 0. The normalized spacial score (nSPS) is 14.5. The van der Waals surface area contributed by atoms with Gasteiger partial charge < -0.3 is 0 Å². The highest BCUT2D eigenvalue weighted by molar-refractivity contribution is 7.80. The molecule has 0 amide bonds. The lowest BCUT2D eigenvalue weighted by Crippen LogP contribution is -1.83. The van der Waals surface area contributed by atoms with Crippen molar-refractivity contribution < 1.29 is 4.39 Å². The Labute approximate surface area is 43.2 Å². The third-order valence-corrected chi connectivity index (χ3v) is 0.751. The maximum absolute atomic E-state index is 11.5. The maximum Gasteiger partial charge on any atom is 0.155 e. The summed E-state index contributed by atoms with van der Waals surface area (Å²) in [5.74, 6) is 0. The minimum atomic E-state index is -1.02. The summed E-state index contributed by atoms with van der Waals surface area (Å²) in [6.07, 6.45) is 1.38. The molecular weight excluding hydrogens is 99.1 g/mol. The van der Waals surface area contributed by atoms with Crippen LogP contribution >= 0.6 is 12.6 Å². The highest BCUT2D eigenvalue weighted by atomic mass is 32.1. The minimum absolute atomic E-state index is 0.523. The summed E-state index contributed by atoms with van der Waals surface area (Å²) in [5.41, 5.74) is -1.02. The van der Waals surface area contributed by atoms with E-state index >= 15 is 0 Å². The molecule has 0 bridgehead atoms. The van der Waals surface area contributed by atoms with Crippen molar-refractivity contribution >= 4 is 12.6 Å². The number of halogens is 1. The molecule has 0 aliphatic heterocycles. The molecule has 6 heavy (non-hydrogen) atoms. The fraction of sp³-hybridized carbons (Fsp3) is 1.00. The third-order valence-electron chi connectivity index (χ3n) is 0.516. The van der Waals surface area contributed by atoms with Gasteiger partial charge in [-0.05, 0) is 6.42 Å². The standard InChI is InChI=1S/C4H8FS/c1-2-3-4(5)6/h4H,2-3H2,1H3/t4-/m0/s1. The van der Waals surface area contributed by atoms with Gasteiger partial charge in [0.1, 0.15) is 0 Å². The lowest BCUT2D eigenvalue weighted by atomic mass is 10.4. The van der Waals surface area contributed by atoms with E-state index in [1.54, 1.807) is 0 Å². The van der Waals surface area contributed by atoms with Crippen LogP contribution in [0.2, 0.25) is 0 Å². The summed E-state index contributed by atoms with van der Waals surface area (Å²) in [6.45, 7) is 1.92. The molecule has 1 atom stereocenters. The van der Waals surface area contributed by atoms with Crippen molar-refractivity contribution in [3.8, 4) is 0 Å². The number of hydrogen-bond donors (Lipinski definition) is 0. The Balaban J connectivity index is 2.63. The molecule has 0 aliphatic rings. The van der Waals surface area contributed by atoms with Crippen LogP contribution in [0.25, 0.3) is 0 Å². The van der Waals surface area contributed by atoms with Crippen LogP contribution in [0.4, 0.5) is 4.39 Å². The molecule has 0 heterocycles. The van der Waals surface area contributed by atoms with Crippen LogP contribution in [0.3, 0.4) is 0 Å². The van der Waals surface area contributed by atoms with Gasteiger partial charge in [0, 0.05) is 0 Å². The number of rotatable bonds is 2. The van der Waals surface area contributed by atoms with Crippen LogP contribution in [0.1, 0.15) is 19.8 Å². The number of alkyl halides is 1. The Morgan fingerprint density at radius 3 is 2.33 bits per heavy atom. The van der Waals surface area contributed by atoms with Crippen LogP contribution in [0.15, 0.2) is 0 Å². The molecule has 0 aromatic heterocycles. The zero-order chi connectivity index (χ0) is 4.99. The smallest absolute Gasteiger partial charge is 0.155 e. The molecule has 0 N–H and O–H groups in total. The molecule has 0 aliphatic carbocycles. The van der Waals surface area contributed by atoms with E-state index in [2.05, 4.69) is 12.6 Å². The first-order chi connectivity index (χ1) is 2.77. The van der Waals surface area contributed by atoms with Gasteiger partial charge in [-0.3, -0.25) is 0 Å². The first-order valence-corrected chi connectivity index (χ1v) is 2.54. The van der Waals surface area contributed by atoms with Crippen molar-refractivity contribution in [3.05, 3.63) is 0 Å². The van der Waals surface area contributed by atoms with E-state index in [4.69, 9.17) is 0 Å². The molecule has 0 nitrogen and oxygen atoms in total. The second kappa shape index (κ2) is 3.47. The zero-order valence-corrected chi connectivity index (χ0v) is 4.59. The van der Waals surface area contributed by atoms with Gasteiger partial charge in [-0.1, -0.05) is 26.0 Å². The largest absolute Gasteiger partial charge is 0.235 e. The molecule has 37 valence electrons. The summed E-state index contributed by atoms with van der Waals surface area (Å²) in [5, 5.41) is 0. The fourth-order valence-corrected chi connectivity index (χ4v) is 0.463. The van der Waals surface area contributed by atoms with E-state index in [0.717, 1.165) is 6.42 Å². The predicted molar refractivity (Wildman–Crippen MR) is 27.4 cm³/mol. The van der Waals surface area contributed by atoms with E-state index in [0.29, 0.717) is 6.42 Å². The second-order valence-corrected chi connectivity index (χ2v) is 1.71. The van der Waals surface area contributed by atoms with Gasteiger partial charge in [0.15, 0.2) is 5.50 Å². The maximum atomic E-state index is 11.5. The van der Waals surface area contributed by atoms with Gasteiger partial charge >= 0.3 is 0 Å². The Morgan fingerprint density at radius 1 is 1.83 bits per heavy atom. The van der Waals surface area contributed by atoms with E-state index < -0.39 is 5.50 Å². The molecule has 0 saturated heterocycles. The van der Waals surface area contributed by atoms with Gasteiger partial charge in [0.05, 0.1) is 0 Å². The summed E-state index contributed by atoms with van der Waals surface area (Å²) >= 11 is 4.21. The van der Waals surface area contributed by atoms with Crippen LogP contribution in [-0.4, -0.2) is 5.50 Å². The quantitative estimate of drug-likeness (QED) is 0.508. The Hall–Kier alpha value is 0.280. The minimum Gasteiger partial charge on any atom is -0.235 e. The Bertz CT molecular complexity index is 28.7. The van der Waals surface area contributed by atoms with Crippen molar-refractivity contribution in [2.45, 2.75) is 25.3 Å². The van der Waals surface area contributed by atoms with E-state index in [9.17, 15) is 4.39 Å². The van der Waals surface area contributed by atoms with Crippen LogP contribution < -0.4 is 0 Å². The molecule has 0 fully saturated rings. The SMILES string of the molecule is CCC[C@@H](F)[S]. The Kier molecular flexibility index (Phi) is 3.63. The van der Waals surface area contributed by atoms with E-state index in [-0.39, 0.29) is 0 Å². The number of hydrogen-bond acceptors (Lipinski definition) is 0. The first-order valence-electron chi connectivity index (χ1n) is 2.07. The molecule has 0 saturated carbocycles. The van der Waals surface area contributed by atoms with Crippen molar-refractivity contribution in [3.63, 3.8) is 0 Å². The molecule has 0 aromatic carbocycles. The molecule has 0 unspecified atom stereocenters. The average molecular weight is 107 g/mol. The lowest BCUT2D eigenvalue weighted by Gasteiger charge is -1.89. The average Bonchev–Trinajstić information content (AvgIpc) is 1.35. The molecule has 0 spiro atoms. The van der Waals surface area contributed by atoms with Crippen LogP contribution in [-0.2, 0) is 0 Å². The predicted octanol–water partition coefficient (Wildman–Crippen LogP) is 2.28. The molecule has 0 aromatic rings. The van der Waals surface area contributed by atoms with Crippen molar-refractivity contribution in [1.29, 1.82) is 0 Å².